The molecule has 0 spiro atoms. The van der Waals surface area contributed by atoms with E-state index in [0.29, 0.717) is 6.54 Å². The fraction of sp³-hybridized carbons (Fsp3) is 0.333. The molecule has 1 amide bonds. The lowest BCUT2D eigenvalue weighted by Gasteiger charge is -2.06. The predicted molar refractivity (Wildman–Crippen MR) is 87.1 cm³/mol. The predicted octanol–water partition coefficient (Wildman–Crippen LogP) is 2.80. The molecular weight excluding hydrogens is 274 g/mol. The van der Waals surface area contributed by atoms with Crippen LogP contribution in [0.25, 0.3) is 5.57 Å². The third-order valence-electron chi connectivity index (χ3n) is 4.04. The molecule has 0 radical (unpaired) electrons. The second kappa shape index (κ2) is 6.18. The summed E-state index contributed by atoms with van der Waals surface area (Å²) < 4.78 is 1.91. The van der Waals surface area contributed by atoms with Crippen LogP contribution >= 0.6 is 0 Å². The van der Waals surface area contributed by atoms with Gasteiger partial charge in [0.25, 0.3) is 0 Å². The van der Waals surface area contributed by atoms with E-state index in [-0.39, 0.29) is 11.8 Å². The third kappa shape index (κ3) is 3.11. The van der Waals surface area contributed by atoms with Crippen LogP contribution in [0.2, 0.25) is 0 Å². The number of hydrogen-bond donors (Lipinski definition) is 1. The average Bonchev–Trinajstić information content (AvgIpc) is 3.02. The molecule has 1 aliphatic rings. The summed E-state index contributed by atoms with van der Waals surface area (Å²) in [5, 5.41) is 7.27. The van der Waals surface area contributed by atoms with Crippen molar-refractivity contribution < 1.29 is 4.79 Å². The number of nitrogens with zero attached hydrogens (tertiary/aromatic N) is 2. The van der Waals surface area contributed by atoms with Crippen LogP contribution in [0.15, 0.2) is 48.3 Å². The molecule has 3 rings (SSSR count). The van der Waals surface area contributed by atoms with E-state index in [4.69, 9.17) is 0 Å². The quantitative estimate of drug-likeness (QED) is 0.833. The number of amides is 1. The Labute approximate surface area is 130 Å². The van der Waals surface area contributed by atoms with Crippen LogP contribution in [0.1, 0.15) is 24.5 Å². The second-order valence-corrected chi connectivity index (χ2v) is 5.82. The monoisotopic (exact) mass is 295 g/mol. The minimum absolute atomic E-state index is 0.0330. The Bertz CT molecular complexity index is 700. The van der Waals surface area contributed by atoms with Crippen molar-refractivity contribution in [3.63, 3.8) is 0 Å². The van der Waals surface area contributed by atoms with Gasteiger partial charge in [0, 0.05) is 19.3 Å². The summed E-state index contributed by atoms with van der Waals surface area (Å²) in [5.74, 6) is 0.0855. The summed E-state index contributed by atoms with van der Waals surface area (Å²) in [7, 11) is 0. The van der Waals surface area contributed by atoms with Crippen LogP contribution in [0.3, 0.4) is 0 Å². The first-order valence-electron chi connectivity index (χ1n) is 7.69. The van der Waals surface area contributed by atoms with Crippen molar-refractivity contribution in [1.82, 2.24) is 15.1 Å². The normalized spacial score (nSPS) is 16.7. The topological polar surface area (TPSA) is 46.9 Å². The number of benzene rings is 1. The zero-order valence-corrected chi connectivity index (χ0v) is 13.0. The fourth-order valence-corrected chi connectivity index (χ4v) is 2.81. The highest BCUT2D eigenvalue weighted by atomic mass is 16.2. The number of aromatic nitrogens is 2. The maximum absolute atomic E-state index is 12.2. The molecule has 0 saturated carbocycles. The largest absolute Gasteiger partial charge is 0.355 e. The number of aryl methyl sites for hydroxylation is 2. The van der Waals surface area contributed by atoms with Crippen molar-refractivity contribution in [1.29, 1.82) is 0 Å². The smallest absolute Gasteiger partial charge is 0.231 e. The van der Waals surface area contributed by atoms with E-state index in [1.54, 1.807) is 0 Å². The molecule has 114 valence electrons. The molecule has 1 aromatic carbocycles. The minimum Gasteiger partial charge on any atom is -0.355 e. The van der Waals surface area contributed by atoms with Gasteiger partial charge in [0.05, 0.1) is 12.1 Å². The van der Waals surface area contributed by atoms with Gasteiger partial charge in [-0.05, 0) is 37.0 Å². The van der Waals surface area contributed by atoms with Crippen molar-refractivity contribution in [3.8, 4) is 0 Å². The molecule has 0 aliphatic heterocycles. The Kier molecular flexibility index (Phi) is 4.09. The van der Waals surface area contributed by atoms with Crippen molar-refractivity contribution in [2.45, 2.75) is 26.8 Å². The number of nitrogens with one attached hydrogen (secondary N) is 1. The summed E-state index contributed by atoms with van der Waals surface area (Å²) >= 11 is 0. The van der Waals surface area contributed by atoms with E-state index >= 15 is 0 Å². The van der Waals surface area contributed by atoms with E-state index in [1.165, 1.54) is 11.1 Å². The Hall–Kier alpha value is -2.36. The number of hydrogen-bond acceptors (Lipinski definition) is 2. The van der Waals surface area contributed by atoms with Crippen LogP contribution < -0.4 is 5.32 Å². The molecule has 4 nitrogen and oxygen atoms in total. The lowest BCUT2D eigenvalue weighted by atomic mass is 10.1. The fourth-order valence-electron chi connectivity index (χ4n) is 2.81. The minimum atomic E-state index is -0.0330. The molecule has 1 atom stereocenters. The summed E-state index contributed by atoms with van der Waals surface area (Å²) in [6, 6.07) is 10.1. The third-order valence-corrected chi connectivity index (χ3v) is 4.04. The van der Waals surface area contributed by atoms with Gasteiger partial charge in [-0.1, -0.05) is 35.9 Å². The molecule has 1 aromatic heterocycles. The van der Waals surface area contributed by atoms with Crippen molar-refractivity contribution >= 4 is 11.5 Å². The van der Waals surface area contributed by atoms with Gasteiger partial charge < -0.3 is 5.32 Å². The second-order valence-electron chi connectivity index (χ2n) is 5.82. The number of rotatable bonds is 6. The van der Waals surface area contributed by atoms with E-state index < -0.39 is 0 Å². The Morgan fingerprint density at radius 1 is 1.27 bits per heavy atom. The van der Waals surface area contributed by atoms with Gasteiger partial charge in [-0.2, -0.15) is 5.10 Å². The van der Waals surface area contributed by atoms with Crippen molar-refractivity contribution in [3.05, 3.63) is 59.4 Å². The molecule has 2 aromatic rings. The van der Waals surface area contributed by atoms with Crippen LogP contribution in [-0.2, 0) is 11.3 Å². The van der Waals surface area contributed by atoms with E-state index in [2.05, 4.69) is 22.5 Å². The maximum Gasteiger partial charge on any atom is 0.231 e. The summed E-state index contributed by atoms with van der Waals surface area (Å²) in [5.41, 5.74) is 4.69. The first-order chi connectivity index (χ1) is 10.7. The summed E-state index contributed by atoms with van der Waals surface area (Å²) in [6.07, 6.45) is 4.75. The van der Waals surface area contributed by atoms with Crippen LogP contribution in [0, 0.1) is 12.8 Å². The molecule has 0 unspecified atom stereocenters. The van der Waals surface area contributed by atoms with Gasteiger partial charge in [-0.15, -0.1) is 0 Å². The van der Waals surface area contributed by atoms with Gasteiger partial charge in [0.15, 0.2) is 0 Å². The van der Waals surface area contributed by atoms with Crippen molar-refractivity contribution in [2.24, 2.45) is 5.92 Å². The Morgan fingerprint density at radius 2 is 2.05 bits per heavy atom. The van der Waals surface area contributed by atoms with Crippen LogP contribution in [0.4, 0.5) is 0 Å². The molecule has 1 heterocycles. The average molecular weight is 295 g/mol. The first kappa shape index (κ1) is 14.6. The van der Waals surface area contributed by atoms with Crippen LogP contribution in [0.5, 0.6) is 0 Å². The molecule has 0 saturated heterocycles. The number of carbonyl (C=O) groups is 1. The number of carbonyl (C=O) groups excluding carboxylic acids is 1. The van der Waals surface area contributed by atoms with E-state index in [0.717, 1.165) is 24.1 Å². The molecule has 0 bridgehead atoms. The highest BCUT2D eigenvalue weighted by molar-refractivity contribution is 6.05. The van der Waals surface area contributed by atoms with E-state index in [1.807, 2.05) is 49.1 Å². The van der Waals surface area contributed by atoms with Crippen molar-refractivity contribution in [2.75, 3.05) is 6.54 Å². The zero-order chi connectivity index (χ0) is 15.5. The molecule has 0 fully saturated rings. The Morgan fingerprint density at radius 3 is 2.73 bits per heavy atom. The summed E-state index contributed by atoms with van der Waals surface area (Å²) in [4.78, 5) is 12.2. The highest BCUT2D eigenvalue weighted by Gasteiger charge is 2.39. The molecule has 4 heteroatoms. The highest BCUT2D eigenvalue weighted by Crippen LogP contribution is 2.46. The van der Waals surface area contributed by atoms with Gasteiger partial charge in [0.2, 0.25) is 5.91 Å². The van der Waals surface area contributed by atoms with Gasteiger partial charge in [-0.3, -0.25) is 9.48 Å². The molecular formula is C18H21N3O. The molecule has 1 N–H and O–H groups in total. The SMILES string of the molecule is CC1=C(c2ccccc2)[C@@H]1C(=O)NCCCn1cc(C)cn1. The van der Waals surface area contributed by atoms with E-state index in [9.17, 15) is 4.79 Å². The zero-order valence-electron chi connectivity index (χ0n) is 13.0. The first-order valence-corrected chi connectivity index (χ1v) is 7.69. The van der Waals surface area contributed by atoms with Gasteiger partial charge in [-0.25, -0.2) is 0 Å². The lowest BCUT2D eigenvalue weighted by molar-refractivity contribution is -0.121. The Balaban J connectivity index is 1.44. The van der Waals surface area contributed by atoms with Crippen LogP contribution in [-0.4, -0.2) is 22.2 Å². The molecule has 22 heavy (non-hydrogen) atoms. The van der Waals surface area contributed by atoms with Gasteiger partial charge >= 0.3 is 0 Å². The lowest BCUT2D eigenvalue weighted by Crippen LogP contribution is -2.28. The molecule has 1 aliphatic carbocycles. The summed E-state index contributed by atoms with van der Waals surface area (Å²) in [6.45, 7) is 5.58. The standard InChI is InChI=1S/C18H21N3O/c1-13-11-20-21(12-13)10-6-9-19-18(22)17-14(2)16(17)15-7-4-3-5-8-15/h3-5,7-8,11-12,17H,6,9-10H2,1-2H3,(H,19,22)/t17-/m1/s1. The maximum atomic E-state index is 12.2. The van der Waals surface area contributed by atoms with Gasteiger partial charge in [0.1, 0.15) is 0 Å².